The fourth-order valence-electron chi connectivity index (χ4n) is 4.33. The van der Waals surface area contributed by atoms with Crippen LogP contribution >= 0.6 is 11.3 Å². The number of morpholine rings is 1. The van der Waals surface area contributed by atoms with Crippen LogP contribution in [0.5, 0.6) is 11.5 Å². The summed E-state index contributed by atoms with van der Waals surface area (Å²) in [5.74, 6) is 1.76. The molecule has 0 N–H and O–H groups in total. The van der Waals surface area contributed by atoms with Crippen molar-refractivity contribution >= 4 is 32.6 Å². The van der Waals surface area contributed by atoms with E-state index in [0.29, 0.717) is 12.3 Å². The van der Waals surface area contributed by atoms with Gasteiger partial charge in [0.2, 0.25) is 5.91 Å². The van der Waals surface area contributed by atoms with Crippen molar-refractivity contribution < 1.29 is 19.0 Å². The summed E-state index contributed by atoms with van der Waals surface area (Å²) in [7, 11) is 3.30. The maximum Gasteiger partial charge on any atom is 0.231 e. The van der Waals surface area contributed by atoms with E-state index in [1.54, 1.807) is 14.2 Å². The zero-order valence-electron chi connectivity index (χ0n) is 17.9. The summed E-state index contributed by atoms with van der Waals surface area (Å²) in [5, 5.41) is 0.733. The van der Waals surface area contributed by atoms with Gasteiger partial charge in [-0.05, 0) is 25.0 Å². The lowest BCUT2D eigenvalue weighted by molar-refractivity contribution is -0.123. The zero-order chi connectivity index (χ0) is 20.9. The Morgan fingerprint density at radius 2 is 1.87 bits per heavy atom. The molecule has 8 heteroatoms. The maximum atomic E-state index is 13.5. The van der Waals surface area contributed by atoms with Crippen LogP contribution < -0.4 is 14.4 Å². The van der Waals surface area contributed by atoms with Crippen LogP contribution in [0.1, 0.15) is 32.1 Å². The van der Waals surface area contributed by atoms with Gasteiger partial charge >= 0.3 is 0 Å². The van der Waals surface area contributed by atoms with Crippen molar-refractivity contribution in [3.05, 3.63) is 12.1 Å². The molecule has 7 nitrogen and oxygen atoms in total. The van der Waals surface area contributed by atoms with Gasteiger partial charge < -0.3 is 14.2 Å². The average Bonchev–Trinajstić information content (AvgIpc) is 3.25. The standard InChI is InChI=1S/C22H31N3O4S/c1-27-17-8-9-18(28-2)20-19(17)23-22(30-20)25(11-10-24-12-14-29-15-13-24)21(26)16-6-4-3-5-7-16/h8-9,16H,3-7,10-15H2,1-2H3. The van der Waals surface area contributed by atoms with Gasteiger partial charge in [-0.2, -0.15) is 0 Å². The van der Waals surface area contributed by atoms with Crippen LogP contribution in [0.15, 0.2) is 12.1 Å². The van der Waals surface area contributed by atoms with Gasteiger partial charge in [-0.3, -0.25) is 14.6 Å². The highest BCUT2D eigenvalue weighted by Crippen LogP contribution is 2.40. The number of nitrogens with zero attached hydrogens (tertiary/aromatic N) is 3. The van der Waals surface area contributed by atoms with Crippen LogP contribution in [-0.2, 0) is 9.53 Å². The topological polar surface area (TPSA) is 64.1 Å². The molecule has 2 fully saturated rings. The fraction of sp³-hybridized carbons (Fsp3) is 0.636. The van der Waals surface area contributed by atoms with Gasteiger partial charge in [0.05, 0.1) is 27.4 Å². The highest BCUT2D eigenvalue weighted by Gasteiger charge is 2.30. The first-order chi connectivity index (χ1) is 14.7. The van der Waals surface area contributed by atoms with E-state index in [-0.39, 0.29) is 11.8 Å². The van der Waals surface area contributed by atoms with Crippen molar-refractivity contribution in [2.24, 2.45) is 5.92 Å². The number of thiazole rings is 1. The quantitative estimate of drug-likeness (QED) is 0.665. The minimum Gasteiger partial charge on any atom is -0.495 e. The third-order valence-electron chi connectivity index (χ3n) is 6.09. The summed E-state index contributed by atoms with van der Waals surface area (Å²) < 4.78 is 17.4. The first-order valence-electron chi connectivity index (χ1n) is 10.8. The largest absolute Gasteiger partial charge is 0.495 e. The van der Waals surface area contributed by atoms with E-state index in [4.69, 9.17) is 19.2 Å². The van der Waals surface area contributed by atoms with Gasteiger partial charge in [-0.25, -0.2) is 4.98 Å². The van der Waals surface area contributed by atoms with Crippen LogP contribution in [0.4, 0.5) is 5.13 Å². The van der Waals surface area contributed by atoms with E-state index in [2.05, 4.69) is 4.90 Å². The maximum absolute atomic E-state index is 13.5. The highest BCUT2D eigenvalue weighted by atomic mass is 32.1. The molecule has 1 aromatic carbocycles. The molecule has 1 aliphatic carbocycles. The molecule has 0 radical (unpaired) electrons. The molecule has 164 valence electrons. The number of rotatable bonds is 7. The second-order valence-corrected chi connectivity index (χ2v) is 8.90. The van der Waals surface area contributed by atoms with Crippen LogP contribution in [-0.4, -0.2) is 69.4 Å². The first kappa shape index (κ1) is 21.3. The lowest BCUT2D eigenvalue weighted by Crippen LogP contribution is -2.45. The number of amides is 1. The second-order valence-electron chi connectivity index (χ2n) is 7.92. The van der Waals surface area contributed by atoms with Crippen molar-refractivity contribution in [2.45, 2.75) is 32.1 Å². The molecule has 0 bridgehead atoms. The first-order valence-corrected chi connectivity index (χ1v) is 11.7. The molecule has 2 aliphatic rings. The van der Waals surface area contributed by atoms with E-state index in [1.165, 1.54) is 17.8 Å². The third-order valence-corrected chi connectivity index (χ3v) is 7.19. The number of benzene rings is 1. The summed E-state index contributed by atoms with van der Waals surface area (Å²) in [6, 6.07) is 3.76. The van der Waals surface area contributed by atoms with Gasteiger partial charge in [0.15, 0.2) is 5.13 Å². The number of carbonyl (C=O) groups excluding carboxylic acids is 1. The summed E-state index contributed by atoms with van der Waals surface area (Å²) >= 11 is 1.51. The van der Waals surface area contributed by atoms with Crippen LogP contribution in [0.25, 0.3) is 10.2 Å². The smallest absolute Gasteiger partial charge is 0.231 e. The fourth-order valence-corrected chi connectivity index (χ4v) is 5.43. The zero-order valence-corrected chi connectivity index (χ0v) is 18.7. The number of hydrogen-bond donors (Lipinski definition) is 0. The molecule has 30 heavy (non-hydrogen) atoms. The molecular formula is C22H31N3O4S. The predicted molar refractivity (Wildman–Crippen MR) is 119 cm³/mol. The van der Waals surface area contributed by atoms with Crippen molar-refractivity contribution in [1.29, 1.82) is 0 Å². The summed E-state index contributed by atoms with van der Waals surface area (Å²) in [6.07, 6.45) is 5.45. The number of fused-ring (bicyclic) bond motifs is 1. The Labute approximate surface area is 181 Å². The van der Waals surface area contributed by atoms with E-state index >= 15 is 0 Å². The Hall–Kier alpha value is -1.90. The Morgan fingerprint density at radius 1 is 1.17 bits per heavy atom. The van der Waals surface area contributed by atoms with Crippen LogP contribution in [0.3, 0.4) is 0 Å². The lowest BCUT2D eigenvalue weighted by Gasteiger charge is -2.31. The second kappa shape index (κ2) is 9.94. The normalized spacial score (nSPS) is 18.5. The molecule has 1 saturated carbocycles. The van der Waals surface area contributed by atoms with Crippen molar-refractivity contribution in [3.8, 4) is 11.5 Å². The van der Waals surface area contributed by atoms with Gasteiger partial charge in [0.1, 0.15) is 21.7 Å². The molecule has 1 amide bonds. The number of anilines is 1. The van der Waals surface area contributed by atoms with E-state index in [1.807, 2.05) is 17.0 Å². The van der Waals surface area contributed by atoms with Gasteiger partial charge in [-0.1, -0.05) is 30.6 Å². The Balaban J connectivity index is 1.64. The predicted octanol–water partition coefficient (Wildman–Crippen LogP) is 3.56. The minimum absolute atomic E-state index is 0.0965. The number of hydrogen-bond acceptors (Lipinski definition) is 7. The molecule has 0 spiro atoms. The molecule has 4 rings (SSSR count). The van der Waals surface area contributed by atoms with Crippen molar-refractivity contribution in [3.63, 3.8) is 0 Å². The number of carbonyl (C=O) groups is 1. The summed E-state index contributed by atoms with van der Waals surface area (Å²) in [6.45, 7) is 4.80. The van der Waals surface area contributed by atoms with Gasteiger partial charge in [0, 0.05) is 32.1 Å². The molecule has 1 aliphatic heterocycles. The Kier molecular flexibility index (Phi) is 7.07. The van der Waals surface area contributed by atoms with Crippen LogP contribution in [0.2, 0.25) is 0 Å². The monoisotopic (exact) mass is 433 g/mol. The Morgan fingerprint density at radius 3 is 2.57 bits per heavy atom. The summed E-state index contributed by atoms with van der Waals surface area (Å²) in [4.78, 5) is 22.7. The summed E-state index contributed by atoms with van der Waals surface area (Å²) in [5.41, 5.74) is 0.754. The SMILES string of the molecule is COc1ccc(OC)c2sc(N(CCN3CCOCC3)C(=O)C3CCCCC3)nc12. The molecule has 0 atom stereocenters. The number of aromatic nitrogens is 1. The molecular weight excluding hydrogens is 402 g/mol. The third kappa shape index (κ3) is 4.55. The number of ether oxygens (including phenoxy) is 3. The molecule has 2 heterocycles. The van der Waals surface area contributed by atoms with Crippen LogP contribution in [0, 0.1) is 5.92 Å². The average molecular weight is 434 g/mol. The van der Waals surface area contributed by atoms with E-state index < -0.39 is 0 Å². The lowest BCUT2D eigenvalue weighted by atomic mass is 9.88. The van der Waals surface area contributed by atoms with Crippen molar-refractivity contribution in [2.75, 3.05) is 58.5 Å². The Bertz CT molecular complexity index is 818. The van der Waals surface area contributed by atoms with Gasteiger partial charge in [-0.15, -0.1) is 0 Å². The molecule has 2 aromatic rings. The molecule has 0 unspecified atom stereocenters. The highest BCUT2D eigenvalue weighted by molar-refractivity contribution is 7.22. The number of methoxy groups -OCH3 is 2. The van der Waals surface area contributed by atoms with Gasteiger partial charge in [0.25, 0.3) is 0 Å². The van der Waals surface area contributed by atoms with E-state index in [0.717, 1.165) is 79.6 Å². The van der Waals surface area contributed by atoms with E-state index in [9.17, 15) is 4.79 Å². The minimum atomic E-state index is 0.0965. The molecule has 1 aromatic heterocycles. The van der Waals surface area contributed by atoms with Crippen molar-refractivity contribution in [1.82, 2.24) is 9.88 Å². The molecule has 1 saturated heterocycles.